The lowest BCUT2D eigenvalue weighted by molar-refractivity contribution is 0.0462. The van der Waals surface area contributed by atoms with Gasteiger partial charge in [0.15, 0.2) is 0 Å². The van der Waals surface area contributed by atoms with Crippen LogP contribution in [-0.2, 0) is 11.4 Å². The van der Waals surface area contributed by atoms with Crippen LogP contribution in [0, 0.1) is 0 Å². The molecular weight excluding hydrogens is 218 g/mol. The molecular formula is C9H12BrNO. The zero-order valence-corrected chi connectivity index (χ0v) is 8.60. The first-order valence-electron chi connectivity index (χ1n) is 3.92. The van der Waals surface area contributed by atoms with E-state index >= 15 is 0 Å². The predicted octanol–water partition coefficient (Wildman–Crippen LogP) is 2.49. The van der Waals surface area contributed by atoms with E-state index in [-0.39, 0.29) is 0 Å². The number of hydroxylamine groups is 1. The van der Waals surface area contributed by atoms with Crippen molar-refractivity contribution < 1.29 is 4.84 Å². The molecule has 3 heteroatoms. The minimum atomic E-state index is 0.685. The van der Waals surface area contributed by atoms with E-state index < -0.39 is 0 Å². The van der Waals surface area contributed by atoms with E-state index in [1.807, 2.05) is 25.1 Å². The summed E-state index contributed by atoms with van der Waals surface area (Å²) in [5, 5.41) is 0. The van der Waals surface area contributed by atoms with E-state index in [9.17, 15) is 0 Å². The standard InChI is InChI=1S/C9H12BrNO/c1-2-12-11-7-8-5-3-4-6-9(8)10/h3-6,11H,2,7H2,1H3. The van der Waals surface area contributed by atoms with Crippen molar-refractivity contribution in [1.29, 1.82) is 0 Å². The molecule has 1 rings (SSSR count). The van der Waals surface area contributed by atoms with Gasteiger partial charge >= 0.3 is 0 Å². The maximum atomic E-state index is 5.02. The van der Waals surface area contributed by atoms with Crippen molar-refractivity contribution in [3.63, 3.8) is 0 Å². The summed E-state index contributed by atoms with van der Waals surface area (Å²) in [6, 6.07) is 8.07. The molecule has 0 amide bonds. The topological polar surface area (TPSA) is 21.3 Å². The Morgan fingerprint density at radius 1 is 1.42 bits per heavy atom. The van der Waals surface area contributed by atoms with Crippen LogP contribution in [-0.4, -0.2) is 6.61 Å². The molecule has 0 aliphatic heterocycles. The highest BCUT2D eigenvalue weighted by atomic mass is 79.9. The van der Waals surface area contributed by atoms with Crippen molar-refractivity contribution >= 4 is 15.9 Å². The van der Waals surface area contributed by atoms with Gasteiger partial charge in [0, 0.05) is 11.0 Å². The zero-order valence-electron chi connectivity index (χ0n) is 7.01. The largest absolute Gasteiger partial charge is 0.302 e. The third-order valence-corrected chi connectivity index (χ3v) is 2.24. The molecule has 0 unspecified atom stereocenters. The maximum absolute atomic E-state index is 5.02. The summed E-state index contributed by atoms with van der Waals surface area (Å²) in [6.07, 6.45) is 0. The zero-order chi connectivity index (χ0) is 8.81. The molecule has 1 N–H and O–H groups in total. The number of nitrogens with one attached hydrogen (secondary N) is 1. The fraction of sp³-hybridized carbons (Fsp3) is 0.333. The van der Waals surface area contributed by atoms with Gasteiger partial charge in [-0.15, -0.1) is 0 Å². The fourth-order valence-electron chi connectivity index (χ4n) is 0.873. The van der Waals surface area contributed by atoms with E-state index in [4.69, 9.17) is 4.84 Å². The number of hydrogen-bond donors (Lipinski definition) is 1. The van der Waals surface area contributed by atoms with Gasteiger partial charge in [-0.3, -0.25) is 0 Å². The second kappa shape index (κ2) is 5.30. The van der Waals surface area contributed by atoms with Crippen LogP contribution in [0.1, 0.15) is 12.5 Å². The molecule has 0 heterocycles. The fourth-order valence-corrected chi connectivity index (χ4v) is 1.30. The molecule has 0 spiro atoms. The average Bonchev–Trinajstić information content (AvgIpc) is 2.09. The first kappa shape index (κ1) is 9.71. The summed E-state index contributed by atoms with van der Waals surface area (Å²) in [5.74, 6) is 0. The third kappa shape index (κ3) is 2.93. The second-order valence-corrected chi connectivity index (χ2v) is 3.20. The smallest absolute Gasteiger partial charge is 0.0654 e. The van der Waals surface area contributed by atoms with Crippen LogP contribution in [0.25, 0.3) is 0 Å². The molecule has 66 valence electrons. The van der Waals surface area contributed by atoms with Gasteiger partial charge in [-0.25, -0.2) is 0 Å². The molecule has 0 fully saturated rings. The Balaban J connectivity index is 2.46. The molecule has 0 aliphatic carbocycles. The van der Waals surface area contributed by atoms with Gasteiger partial charge in [0.2, 0.25) is 0 Å². The van der Waals surface area contributed by atoms with Crippen molar-refractivity contribution in [3.8, 4) is 0 Å². The van der Waals surface area contributed by atoms with Gasteiger partial charge in [0.1, 0.15) is 0 Å². The van der Waals surface area contributed by atoms with Crippen LogP contribution in [0.2, 0.25) is 0 Å². The minimum Gasteiger partial charge on any atom is -0.302 e. The maximum Gasteiger partial charge on any atom is 0.0654 e. The van der Waals surface area contributed by atoms with Crippen LogP contribution >= 0.6 is 15.9 Å². The molecule has 0 aliphatic rings. The summed E-state index contributed by atoms with van der Waals surface area (Å²) < 4.78 is 1.11. The summed E-state index contributed by atoms with van der Waals surface area (Å²) >= 11 is 3.45. The van der Waals surface area contributed by atoms with Crippen LogP contribution in [0.3, 0.4) is 0 Å². The SMILES string of the molecule is CCONCc1ccccc1Br. The highest BCUT2D eigenvalue weighted by molar-refractivity contribution is 9.10. The van der Waals surface area contributed by atoms with Crippen molar-refractivity contribution in [1.82, 2.24) is 5.48 Å². The quantitative estimate of drug-likeness (QED) is 0.633. The number of halogens is 1. The minimum absolute atomic E-state index is 0.685. The van der Waals surface area contributed by atoms with Gasteiger partial charge in [0.25, 0.3) is 0 Å². The second-order valence-electron chi connectivity index (χ2n) is 2.35. The molecule has 0 bridgehead atoms. The first-order chi connectivity index (χ1) is 5.84. The number of benzene rings is 1. The Bertz CT molecular complexity index is 240. The molecule has 0 radical (unpaired) electrons. The summed E-state index contributed by atoms with van der Waals surface area (Å²) in [4.78, 5) is 5.02. The van der Waals surface area contributed by atoms with Gasteiger partial charge in [0.05, 0.1) is 6.61 Å². The van der Waals surface area contributed by atoms with E-state index in [1.54, 1.807) is 0 Å². The predicted molar refractivity (Wildman–Crippen MR) is 52.6 cm³/mol. The average molecular weight is 230 g/mol. The van der Waals surface area contributed by atoms with Crippen LogP contribution in [0.5, 0.6) is 0 Å². The van der Waals surface area contributed by atoms with Crippen molar-refractivity contribution in [2.24, 2.45) is 0 Å². The number of rotatable bonds is 4. The van der Waals surface area contributed by atoms with Gasteiger partial charge < -0.3 is 4.84 Å². The monoisotopic (exact) mass is 229 g/mol. The van der Waals surface area contributed by atoms with Crippen LogP contribution in [0.15, 0.2) is 28.7 Å². The number of hydrogen-bond acceptors (Lipinski definition) is 2. The van der Waals surface area contributed by atoms with Gasteiger partial charge in [-0.2, -0.15) is 5.48 Å². The van der Waals surface area contributed by atoms with Crippen molar-refractivity contribution in [2.75, 3.05) is 6.61 Å². The Kier molecular flexibility index (Phi) is 4.29. The Labute approximate surface area is 81.0 Å². The summed E-state index contributed by atoms with van der Waals surface area (Å²) in [6.45, 7) is 3.37. The molecule has 0 saturated carbocycles. The molecule has 1 aromatic carbocycles. The summed E-state index contributed by atoms with van der Waals surface area (Å²) in [7, 11) is 0. The first-order valence-corrected chi connectivity index (χ1v) is 4.72. The molecule has 12 heavy (non-hydrogen) atoms. The highest BCUT2D eigenvalue weighted by Gasteiger charge is 1.95. The lowest BCUT2D eigenvalue weighted by Crippen LogP contribution is -2.13. The van der Waals surface area contributed by atoms with Crippen LogP contribution < -0.4 is 5.48 Å². The van der Waals surface area contributed by atoms with Gasteiger partial charge in [-0.1, -0.05) is 34.1 Å². The van der Waals surface area contributed by atoms with E-state index in [2.05, 4.69) is 27.5 Å². The van der Waals surface area contributed by atoms with Gasteiger partial charge in [-0.05, 0) is 18.6 Å². The normalized spacial score (nSPS) is 10.2. The van der Waals surface area contributed by atoms with Crippen LogP contribution in [0.4, 0.5) is 0 Å². The highest BCUT2D eigenvalue weighted by Crippen LogP contribution is 2.14. The molecule has 1 aromatic rings. The van der Waals surface area contributed by atoms with Crippen molar-refractivity contribution in [3.05, 3.63) is 34.3 Å². The van der Waals surface area contributed by atoms with Crippen molar-refractivity contribution in [2.45, 2.75) is 13.5 Å². The van der Waals surface area contributed by atoms with E-state index in [0.717, 1.165) is 11.0 Å². The Hall–Kier alpha value is -0.380. The molecule has 0 aromatic heterocycles. The molecule has 0 saturated heterocycles. The summed E-state index contributed by atoms with van der Waals surface area (Å²) in [5.41, 5.74) is 4.06. The lowest BCUT2D eigenvalue weighted by Gasteiger charge is -2.04. The molecule has 0 atom stereocenters. The molecule has 2 nitrogen and oxygen atoms in total. The Morgan fingerprint density at radius 3 is 2.83 bits per heavy atom. The lowest BCUT2D eigenvalue weighted by atomic mass is 10.2. The van der Waals surface area contributed by atoms with E-state index in [0.29, 0.717) is 6.61 Å². The Morgan fingerprint density at radius 2 is 2.17 bits per heavy atom. The van der Waals surface area contributed by atoms with E-state index in [1.165, 1.54) is 5.56 Å². The third-order valence-electron chi connectivity index (χ3n) is 1.47.